The van der Waals surface area contributed by atoms with E-state index in [0.29, 0.717) is 25.0 Å². The molecule has 1 aliphatic carbocycles. The molecule has 1 aromatic heterocycles. The molecule has 0 spiro atoms. The van der Waals surface area contributed by atoms with Crippen molar-refractivity contribution in [3.8, 4) is 5.88 Å². The Kier molecular flexibility index (Phi) is 6.92. The van der Waals surface area contributed by atoms with Crippen LogP contribution in [0.2, 0.25) is 0 Å². The largest absolute Gasteiger partial charge is 0.472 e. The van der Waals surface area contributed by atoms with Crippen LogP contribution in [-0.2, 0) is 19.2 Å². The predicted octanol–water partition coefficient (Wildman–Crippen LogP) is 1.36. The van der Waals surface area contributed by atoms with E-state index in [-0.39, 0.29) is 18.9 Å². The van der Waals surface area contributed by atoms with Crippen molar-refractivity contribution in [3.63, 3.8) is 0 Å². The fourth-order valence-electron chi connectivity index (χ4n) is 5.68. The summed E-state index contributed by atoms with van der Waals surface area (Å²) in [6, 6.07) is 8.47. The van der Waals surface area contributed by atoms with E-state index in [4.69, 9.17) is 16.2 Å². The number of pyridine rings is 1. The van der Waals surface area contributed by atoms with Crippen LogP contribution in [0, 0.1) is 5.92 Å². The first-order valence-electron chi connectivity index (χ1n) is 13.1. The van der Waals surface area contributed by atoms with E-state index in [1.54, 1.807) is 6.20 Å². The molecule has 5 rings (SSSR count). The van der Waals surface area contributed by atoms with Crippen LogP contribution >= 0.6 is 0 Å². The van der Waals surface area contributed by atoms with Gasteiger partial charge in [-0.3, -0.25) is 14.4 Å². The molecule has 1 saturated carbocycles. The maximum atomic E-state index is 13.9. The van der Waals surface area contributed by atoms with Crippen molar-refractivity contribution in [2.24, 2.45) is 17.4 Å². The van der Waals surface area contributed by atoms with E-state index in [2.05, 4.69) is 10.3 Å². The lowest BCUT2D eigenvalue weighted by Gasteiger charge is -2.36. The first-order chi connectivity index (χ1) is 18.3. The summed E-state index contributed by atoms with van der Waals surface area (Å²) in [6.45, 7) is -0.0782. The summed E-state index contributed by atoms with van der Waals surface area (Å²) in [4.78, 5) is 58.2. The molecule has 3 heterocycles. The second-order valence-corrected chi connectivity index (χ2v) is 10.6. The number of hydrogen-bond acceptors (Lipinski definition) is 7. The highest BCUT2D eigenvalue weighted by Crippen LogP contribution is 2.44. The summed E-state index contributed by atoms with van der Waals surface area (Å²) >= 11 is 0. The van der Waals surface area contributed by atoms with Crippen LogP contribution in [0.4, 0.5) is 0 Å². The zero-order valence-electron chi connectivity index (χ0n) is 21.2. The highest BCUT2D eigenvalue weighted by atomic mass is 16.5. The Bertz CT molecular complexity index is 1290. The van der Waals surface area contributed by atoms with E-state index in [1.807, 2.05) is 42.5 Å². The number of rotatable bonds is 4. The molecule has 2 aromatic rings. The molecule has 5 N–H and O–H groups in total. The average molecular weight is 520 g/mol. The molecule has 2 aliphatic heterocycles. The third kappa shape index (κ3) is 4.53. The van der Waals surface area contributed by atoms with Crippen molar-refractivity contribution < 1.29 is 23.9 Å². The van der Waals surface area contributed by atoms with Crippen LogP contribution in [0.5, 0.6) is 5.88 Å². The summed E-state index contributed by atoms with van der Waals surface area (Å²) in [5, 5.41) is 4.43. The summed E-state index contributed by atoms with van der Waals surface area (Å²) in [6.07, 6.45) is 9.51. The second kappa shape index (κ2) is 10.2. The van der Waals surface area contributed by atoms with Gasteiger partial charge in [0.2, 0.25) is 17.3 Å². The molecule has 3 aliphatic rings. The summed E-state index contributed by atoms with van der Waals surface area (Å²) < 4.78 is 6.21. The van der Waals surface area contributed by atoms with Gasteiger partial charge in [-0.15, -0.1) is 0 Å². The molecule has 5 unspecified atom stereocenters. The van der Waals surface area contributed by atoms with Gasteiger partial charge in [0.25, 0.3) is 11.8 Å². The van der Waals surface area contributed by atoms with Crippen LogP contribution in [0.15, 0.2) is 48.7 Å². The topological polar surface area (TPSA) is 158 Å². The maximum Gasteiger partial charge on any atom is 0.256 e. The minimum atomic E-state index is -2.06. The number of amides is 3. The number of aldehydes is 1. The molecule has 200 valence electrons. The normalized spacial score (nSPS) is 32.8. The lowest BCUT2D eigenvalue weighted by atomic mass is 9.91. The Hall–Kier alpha value is -3.79. The molecule has 2 fully saturated rings. The molecule has 5 atom stereocenters. The van der Waals surface area contributed by atoms with Crippen molar-refractivity contribution in [1.82, 2.24) is 15.2 Å². The molecule has 10 heteroatoms. The number of nitrogens with two attached hydrogens (primary N) is 2. The Balaban J connectivity index is 1.51. The predicted molar refractivity (Wildman–Crippen MR) is 140 cm³/mol. The van der Waals surface area contributed by atoms with E-state index in [1.165, 1.54) is 0 Å². The monoisotopic (exact) mass is 519 g/mol. The highest BCUT2D eigenvalue weighted by molar-refractivity contribution is 6.13. The van der Waals surface area contributed by atoms with Crippen molar-refractivity contribution in [2.45, 2.75) is 68.2 Å². The lowest BCUT2D eigenvalue weighted by molar-refractivity contribution is -0.153. The SMILES string of the molecule is NC(=O)C12CC(Oc3nccc4ccccc34)CN1C(=O)C(N)CCCCC/C=C/C1CC1(C=O)NC2=O. The number of nitrogens with one attached hydrogen (secondary N) is 1. The molecule has 1 saturated heterocycles. The van der Waals surface area contributed by atoms with Gasteiger partial charge in [-0.05, 0) is 43.2 Å². The lowest BCUT2D eigenvalue weighted by Crippen LogP contribution is -2.67. The minimum absolute atomic E-state index is 0.0782. The molecule has 38 heavy (non-hydrogen) atoms. The molecular formula is C28H33N5O5. The molecule has 1 aromatic carbocycles. The van der Waals surface area contributed by atoms with E-state index >= 15 is 0 Å². The van der Waals surface area contributed by atoms with Crippen LogP contribution < -0.4 is 21.5 Å². The van der Waals surface area contributed by atoms with Crippen LogP contribution in [0.3, 0.4) is 0 Å². The smallest absolute Gasteiger partial charge is 0.256 e. The van der Waals surface area contributed by atoms with Crippen molar-refractivity contribution in [2.75, 3.05) is 6.54 Å². The van der Waals surface area contributed by atoms with Gasteiger partial charge in [-0.1, -0.05) is 43.2 Å². The molecule has 10 nitrogen and oxygen atoms in total. The van der Waals surface area contributed by atoms with Gasteiger partial charge < -0.3 is 31.2 Å². The number of fused-ring (bicyclic) bond motifs is 3. The number of aromatic nitrogens is 1. The van der Waals surface area contributed by atoms with Gasteiger partial charge in [0, 0.05) is 23.9 Å². The zero-order chi connectivity index (χ0) is 26.9. The molecule has 0 bridgehead atoms. The number of nitrogens with zero attached hydrogens (tertiary/aromatic N) is 2. The maximum absolute atomic E-state index is 13.9. The zero-order valence-corrected chi connectivity index (χ0v) is 21.2. The Labute approximate surface area is 220 Å². The molecule has 0 radical (unpaired) electrons. The summed E-state index contributed by atoms with van der Waals surface area (Å²) in [5.74, 6) is -2.19. The third-order valence-corrected chi connectivity index (χ3v) is 8.02. The standard InChI is InChI=1S/C28H33N5O5/c29-22-11-5-3-1-2-4-9-19-14-27(19,17-34)32-26(37)28(25(30)36)15-20(16-33(28)24(22)35)38-23-21-10-7-6-8-18(21)12-13-31-23/h4,6-10,12-13,17,19-20,22H,1-3,5,11,14-16,29H2,(H2,30,36)(H,32,37)/b9-4+. The quantitative estimate of drug-likeness (QED) is 0.313. The summed E-state index contributed by atoms with van der Waals surface area (Å²) in [7, 11) is 0. The third-order valence-electron chi connectivity index (χ3n) is 8.02. The highest BCUT2D eigenvalue weighted by Gasteiger charge is 2.63. The summed E-state index contributed by atoms with van der Waals surface area (Å²) in [5.41, 5.74) is 8.97. The van der Waals surface area contributed by atoms with Gasteiger partial charge in [0.1, 0.15) is 17.9 Å². The molecule has 3 amide bonds. The number of carbonyl (C=O) groups excluding carboxylic acids is 4. The Morgan fingerprint density at radius 1 is 1.16 bits per heavy atom. The fourth-order valence-corrected chi connectivity index (χ4v) is 5.68. The van der Waals surface area contributed by atoms with Crippen molar-refractivity contribution in [3.05, 3.63) is 48.7 Å². The fraction of sp³-hybridized carbons (Fsp3) is 0.464. The second-order valence-electron chi connectivity index (χ2n) is 10.6. The van der Waals surface area contributed by atoms with E-state index in [0.717, 1.165) is 41.4 Å². The Morgan fingerprint density at radius 3 is 2.76 bits per heavy atom. The number of hydrogen-bond donors (Lipinski definition) is 3. The van der Waals surface area contributed by atoms with Gasteiger partial charge in [-0.2, -0.15) is 0 Å². The van der Waals surface area contributed by atoms with Gasteiger partial charge in [-0.25, -0.2) is 4.98 Å². The first kappa shape index (κ1) is 25.8. The number of benzene rings is 1. The number of primary amides is 1. The van der Waals surface area contributed by atoms with Gasteiger partial charge in [0.15, 0.2) is 0 Å². The van der Waals surface area contributed by atoms with Gasteiger partial charge in [0.05, 0.1) is 12.6 Å². The van der Waals surface area contributed by atoms with E-state index in [9.17, 15) is 19.2 Å². The molecular weight excluding hydrogens is 486 g/mol. The van der Waals surface area contributed by atoms with Crippen molar-refractivity contribution >= 4 is 34.8 Å². The number of allylic oxidation sites excluding steroid dienone is 1. The number of carbonyl (C=O) groups is 4. The number of ether oxygens (including phenoxy) is 1. The Morgan fingerprint density at radius 2 is 1.97 bits per heavy atom. The van der Waals surface area contributed by atoms with Crippen molar-refractivity contribution in [1.29, 1.82) is 0 Å². The van der Waals surface area contributed by atoms with E-state index < -0.39 is 40.9 Å². The van der Waals surface area contributed by atoms with Crippen LogP contribution in [0.25, 0.3) is 10.8 Å². The van der Waals surface area contributed by atoms with Crippen LogP contribution in [-0.4, -0.2) is 63.7 Å². The average Bonchev–Trinajstić information content (AvgIpc) is 3.45. The van der Waals surface area contributed by atoms with Crippen LogP contribution in [0.1, 0.15) is 44.9 Å². The minimum Gasteiger partial charge on any atom is -0.472 e. The van der Waals surface area contributed by atoms with Gasteiger partial charge >= 0.3 is 0 Å². The first-order valence-corrected chi connectivity index (χ1v) is 13.1.